The van der Waals surface area contributed by atoms with Gasteiger partial charge >= 0.3 is 5.97 Å². The van der Waals surface area contributed by atoms with Gasteiger partial charge in [0.1, 0.15) is 13.2 Å². The van der Waals surface area contributed by atoms with Crippen molar-refractivity contribution in [2.24, 2.45) is 0 Å². The number of amides is 1. The van der Waals surface area contributed by atoms with Gasteiger partial charge < -0.3 is 19.5 Å². The molecule has 9 heteroatoms. The summed E-state index contributed by atoms with van der Waals surface area (Å²) in [6, 6.07) is 9.14. The van der Waals surface area contributed by atoms with Crippen LogP contribution in [-0.4, -0.2) is 46.4 Å². The maximum absolute atomic E-state index is 12.6. The lowest BCUT2D eigenvalue weighted by atomic mass is 10.1. The van der Waals surface area contributed by atoms with Crippen molar-refractivity contribution in [3.8, 4) is 11.5 Å². The van der Waals surface area contributed by atoms with E-state index in [-0.39, 0.29) is 22.6 Å². The van der Waals surface area contributed by atoms with Crippen molar-refractivity contribution in [2.75, 3.05) is 31.4 Å². The fourth-order valence-corrected chi connectivity index (χ4v) is 4.03. The molecule has 29 heavy (non-hydrogen) atoms. The van der Waals surface area contributed by atoms with Gasteiger partial charge in [0.15, 0.2) is 21.3 Å². The molecule has 1 aliphatic heterocycles. The molecule has 0 atom stereocenters. The molecule has 1 aliphatic rings. The summed E-state index contributed by atoms with van der Waals surface area (Å²) >= 11 is 0. The second-order valence-corrected chi connectivity index (χ2v) is 8.55. The quantitative estimate of drug-likeness (QED) is 0.716. The normalized spacial score (nSPS) is 12.9. The summed E-state index contributed by atoms with van der Waals surface area (Å²) in [6.07, 6.45) is -0.237. The molecule has 2 aromatic carbocycles. The predicted molar refractivity (Wildman–Crippen MR) is 105 cm³/mol. The summed E-state index contributed by atoms with van der Waals surface area (Å²) in [5.41, 5.74) is 1.45. The number of rotatable bonds is 6. The Bertz CT molecular complexity index is 1050. The molecule has 154 valence electrons. The Balaban J connectivity index is 1.66. The third-order valence-electron chi connectivity index (χ3n) is 4.40. The Morgan fingerprint density at radius 1 is 1.07 bits per heavy atom. The van der Waals surface area contributed by atoms with Crippen molar-refractivity contribution in [3.05, 3.63) is 47.5 Å². The third-order valence-corrected chi connectivity index (χ3v) is 6.12. The first kappa shape index (κ1) is 20.7. The molecule has 0 saturated heterocycles. The zero-order chi connectivity index (χ0) is 21.0. The minimum Gasteiger partial charge on any atom is -0.486 e. The number of benzene rings is 2. The SMILES string of the molecule is COC(=O)c1ccc(C)c(NC(=O)CCS(=O)(=O)c2ccc3c(c2)OCCO3)c1. The van der Waals surface area contributed by atoms with Crippen molar-refractivity contribution in [1.29, 1.82) is 0 Å². The second kappa shape index (κ2) is 8.52. The van der Waals surface area contributed by atoms with Crippen molar-refractivity contribution in [2.45, 2.75) is 18.2 Å². The van der Waals surface area contributed by atoms with E-state index < -0.39 is 21.7 Å². The zero-order valence-corrected chi connectivity index (χ0v) is 16.9. The summed E-state index contributed by atoms with van der Waals surface area (Å²) in [5.74, 6) is -0.502. The lowest BCUT2D eigenvalue weighted by Gasteiger charge is -2.18. The Labute approximate surface area is 168 Å². The molecule has 0 bridgehead atoms. The smallest absolute Gasteiger partial charge is 0.337 e. The highest BCUT2D eigenvalue weighted by Crippen LogP contribution is 2.32. The van der Waals surface area contributed by atoms with Crippen LogP contribution in [0.5, 0.6) is 11.5 Å². The van der Waals surface area contributed by atoms with E-state index in [1.165, 1.54) is 25.3 Å². The summed E-state index contributed by atoms with van der Waals surface area (Å²) in [4.78, 5) is 24.0. The molecule has 1 heterocycles. The van der Waals surface area contributed by atoms with Crippen molar-refractivity contribution in [3.63, 3.8) is 0 Å². The van der Waals surface area contributed by atoms with Gasteiger partial charge in [-0.1, -0.05) is 6.07 Å². The van der Waals surface area contributed by atoms with Gasteiger partial charge in [0.2, 0.25) is 5.91 Å². The number of aryl methyl sites for hydroxylation is 1. The van der Waals surface area contributed by atoms with E-state index in [0.29, 0.717) is 30.4 Å². The molecule has 2 aromatic rings. The number of carbonyl (C=O) groups is 2. The number of esters is 1. The van der Waals surface area contributed by atoms with Crippen LogP contribution >= 0.6 is 0 Å². The van der Waals surface area contributed by atoms with Gasteiger partial charge in [0, 0.05) is 18.2 Å². The van der Waals surface area contributed by atoms with Crippen LogP contribution in [0.2, 0.25) is 0 Å². The molecule has 0 fully saturated rings. The number of ether oxygens (including phenoxy) is 3. The predicted octanol–water partition coefficient (Wildman–Crippen LogP) is 2.36. The highest BCUT2D eigenvalue weighted by molar-refractivity contribution is 7.91. The fourth-order valence-electron chi connectivity index (χ4n) is 2.78. The molecule has 0 unspecified atom stereocenters. The molecule has 0 aliphatic carbocycles. The minimum absolute atomic E-state index is 0.0680. The molecule has 1 N–H and O–H groups in total. The largest absolute Gasteiger partial charge is 0.486 e. The number of methoxy groups -OCH3 is 1. The summed E-state index contributed by atoms with van der Waals surface area (Å²) < 4.78 is 40.6. The van der Waals surface area contributed by atoms with E-state index in [9.17, 15) is 18.0 Å². The molecule has 0 spiro atoms. The molecule has 0 aromatic heterocycles. The average Bonchev–Trinajstić information content (AvgIpc) is 2.73. The average molecular weight is 419 g/mol. The van der Waals surface area contributed by atoms with Crippen LogP contribution in [0.15, 0.2) is 41.3 Å². The topological polar surface area (TPSA) is 108 Å². The lowest BCUT2D eigenvalue weighted by Crippen LogP contribution is -2.19. The van der Waals surface area contributed by atoms with Gasteiger partial charge in [0.05, 0.1) is 23.3 Å². The maximum atomic E-state index is 12.6. The van der Waals surface area contributed by atoms with Crippen LogP contribution in [0.25, 0.3) is 0 Å². The van der Waals surface area contributed by atoms with Crippen LogP contribution in [0.1, 0.15) is 22.3 Å². The molecule has 1 amide bonds. The summed E-state index contributed by atoms with van der Waals surface area (Å²) in [7, 11) is -2.42. The molecular formula is C20H21NO7S. The Morgan fingerprint density at radius 2 is 1.79 bits per heavy atom. The second-order valence-electron chi connectivity index (χ2n) is 6.44. The molecule has 8 nitrogen and oxygen atoms in total. The van der Waals surface area contributed by atoms with Crippen LogP contribution in [0, 0.1) is 6.92 Å². The number of anilines is 1. The first-order chi connectivity index (χ1) is 13.8. The highest BCUT2D eigenvalue weighted by atomic mass is 32.2. The Hall–Kier alpha value is -3.07. The van der Waals surface area contributed by atoms with E-state index in [1.807, 2.05) is 0 Å². The Kier molecular flexibility index (Phi) is 6.07. The lowest BCUT2D eigenvalue weighted by molar-refractivity contribution is -0.115. The van der Waals surface area contributed by atoms with E-state index in [4.69, 9.17) is 9.47 Å². The van der Waals surface area contributed by atoms with Crippen LogP contribution < -0.4 is 14.8 Å². The highest BCUT2D eigenvalue weighted by Gasteiger charge is 2.21. The molecule has 0 saturated carbocycles. The zero-order valence-electron chi connectivity index (χ0n) is 16.1. The summed E-state index contributed by atoms with van der Waals surface area (Å²) in [6.45, 7) is 2.53. The van der Waals surface area contributed by atoms with Crippen molar-refractivity contribution >= 4 is 27.4 Å². The first-order valence-corrected chi connectivity index (χ1v) is 10.6. The first-order valence-electron chi connectivity index (χ1n) is 8.91. The van der Waals surface area contributed by atoms with Gasteiger partial charge in [-0.2, -0.15) is 0 Å². The van der Waals surface area contributed by atoms with Gasteiger partial charge in [-0.15, -0.1) is 0 Å². The number of fused-ring (bicyclic) bond motifs is 1. The molecule has 3 rings (SSSR count). The number of hydrogen-bond donors (Lipinski definition) is 1. The van der Waals surface area contributed by atoms with Gasteiger partial charge in [-0.25, -0.2) is 13.2 Å². The van der Waals surface area contributed by atoms with Gasteiger partial charge in [0.25, 0.3) is 0 Å². The van der Waals surface area contributed by atoms with Crippen molar-refractivity contribution in [1.82, 2.24) is 0 Å². The fraction of sp³-hybridized carbons (Fsp3) is 0.300. The number of nitrogens with one attached hydrogen (secondary N) is 1. The van der Waals surface area contributed by atoms with Crippen molar-refractivity contribution < 1.29 is 32.2 Å². The Morgan fingerprint density at radius 3 is 2.52 bits per heavy atom. The van der Waals surface area contributed by atoms with Crippen LogP contribution in [0.3, 0.4) is 0 Å². The molecule has 0 radical (unpaired) electrons. The van der Waals surface area contributed by atoms with Gasteiger partial charge in [-0.05, 0) is 36.8 Å². The minimum atomic E-state index is -3.69. The van der Waals surface area contributed by atoms with E-state index in [1.54, 1.807) is 25.1 Å². The van der Waals surface area contributed by atoms with Crippen LogP contribution in [-0.2, 0) is 19.4 Å². The van der Waals surface area contributed by atoms with Crippen LogP contribution in [0.4, 0.5) is 5.69 Å². The standard InChI is InChI=1S/C20H21NO7S/c1-13-3-4-14(20(23)26-2)11-16(13)21-19(22)7-10-29(24,25)15-5-6-17-18(12-15)28-9-8-27-17/h3-6,11-12H,7-10H2,1-2H3,(H,21,22). The summed E-state index contributed by atoms with van der Waals surface area (Å²) in [5, 5.41) is 2.65. The number of carbonyl (C=O) groups excluding carboxylic acids is 2. The number of sulfone groups is 1. The van der Waals surface area contributed by atoms with E-state index >= 15 is 0 Å². The monoisotopic (exact) mass is 419 g/mol. The van der Waals surface area contributed by atoms with Gasteiger partial charge in [-0.3, -0.25) is 4.79 Å². The maximum Gasteiger partial charge on any atom is 0.337 e. The number of hydrogen-bond acceptors (Lipinski definition) is 7. The third kappa shape index (κ3) is 4.86. The van der Waals surface area contributed by atoms with E-state index in [2.05, 4.69) is 10.1 Å². The van der Waals surface area contributed by atoms with E-state index in [0.717, 1.165) is 5.56 Å². The molecular weight excluding hydrogens is 398 g/mol.